The van der Waals surface area contributed by atoms with Crippen LogP contribution in [0.2, 0.25) is 0 Å². The highest BCUT2D eigenvalue weighted by Gasteiger charge is 1.68. The summed E-state index contributed by atoms with van der Waals surface area (Å²) in [5.74, 6) is 0. The second-order valence-electron chi connectivity index (χ2n) is 2.13. The van der Waals surface area contributed by atoms with E-state index in [1.165, 1.54) is 12.8 Å². The minimum atomic E-state index is -1.14. The van der Waals surface area contributed by atoms with Crippen LogP contribution < -0.4 is 0 Å². The van der Waals surface area contributed by atoms with Crippen molar-refractivity contribution in [3.8, 4) is 0 Å². The van der Waals surface area contributed by atoms with Crippen LogP contribution in [0.4, 0.5) is 19.2 Å². The van der Waals surface area contributed by atoms with Crippen LogP contribution in [0.15, 0.2) is 0 Å². The molecule has 0 radical (unpaired) electrons. The van der Waals surface area contributed by atoms with E-state index >= 15 is 0 Å². The highest BCUT2D eigenvalue weighted by molar-refractivity contribution is 7.96. The highest BCUT2D eigenvalue weighted by Crippen LogP contribution is 1.76. The van der Waals surface area contributed by atoms with E-state index in [4.69, 9.17) is 39.6 Å². The maximum absolute atomic E-state index is 8.86. The molecule has 0 aromatic carbocycles. The zero-order valence-corrected chi connectivity index (χ0v) is 14.2. The number of hydrogen-bond acceptors (Lipinski definition) is 4. The van der Waals surface area contributed by atoms with Crippen LogP contribution in [-0.4, -0.2) is 41.6 Å². The third kappa shape index (κ3) is 58400. The quantitative estimate of drug-likeness (QED) is 0.320. The first-order valence-corrected chi connectivity index (χ1v) is 6.31. The van der Waals surface area contributed by atoms with Crippen LogP contribution >= 0.6 is 50.5 Å². The molecule has 4 N–H and O–H groups in total. The Morgan fingerprint density at radius 3 is 0.650 bits per heavy atom. The molecule has 0 spiro atoms. The topological polar surface area (TPSA) is 149 Å². The van der Waals surface area contributed by atoms with Crippen molar-refractivity contribution >= 4 is 71.7 Å². The van der Waals surface area contributed by atoms with Gasteiger partial charge in [-0.15, -0.1) is 0 Å². The van der Waals surface area contributed by atoms with E-state index in [0.717, 1.165) is 0 Å². The summed E-state index contributed by atoms with van der Waals surface area (Å²) >= 11 is 11.5. The van der Waals surface area contributed by atoms with Gasteiger partial charge in [-0.2, -0.15) is 0 Å². The van der Waals surface area contributed by atoms with E-state index in [-0.39, 0.29) is 0 Å². The molecule has 0 amide bonds. The molecule has 0 bridgehead atoms. The standard InChI is InChI=1S/C4H10.4CH2O2S/c1-3-4-2;4*2-1(3)4/h3-4H2,1-2H3;4*4H,(H,2,3). The summed E-state index contributed by atoms with van der Waals surface area (Å²) in [6.07, 6.45) is 2.64. The molecule has 0 aromatic rings. The average Bonchev–Trinajstić information content (AvgIpc) is 2.13. The molecule has 0 unspecified atom stereocenters. The molecule has 0 saturated carbocycles. The SMILES string of the molecule is CCCC.O=C(O)S.O=C(O)S.O=C(O)S.O=C(O)S. The summed E-state index contributed by atoms with van der Waals surface area (Å²) in [7, 11) is 0. The minimum Gasteiger partial charge on any atom is -0.473 e. The van der Waals surface area contributed by atoms with Gasteiger partial charge in [0.05, 0.1) is 0 Å². The van der Waals surface area contributed by atoms with E-state index in [0.29, 0.717) is 0 Å². The lowest BCUT2D eigenvalue weighted by atomic mass is 10.4. The molecule has 0 rings (SSSR count). The van der Waals surface area contributed by atoms with Crippen molar-refractivity contribution in [3.05, 3.63) is 0 Å². The normalized spacial score (nSPS) is 6.50. The first kappa shape index (κ1) is 31.6. The number of unbranched alkanes of at least 4 members (excludes halogenated alkanes) is 1. The van der Waals surface area contributed by atoms with E-state index in [1.54, 1.807) is 0 Å². The number of thiol groups is 4. The van der Waals surface area contributed by atoms with Gasteiger partial charge in [-0.3, -0.25) is 0 Å². The smallest absolute Gasteiger partial charge is 0.361 e. The molecular formula is C8H18O8S4. The number of hydrogen-bond donors (Lipinski definition) is 8. The zero-order chi connectivity index (χ0) is 17.7. The van der Waals surface area contributed by atoms with Crippen molar-refractivity contribution in [2.45, 2.75) is 26.7 Å². The summed E-state index contributed by atoms with van der Waals surface area (Å²) in [5, 5.41) is 24.6. The van der Waals surface area contributed by atoms with Gasteiger partial charge in [0.25, 0.3) is 0 Å². The van der Waals surface area contributed by atoms with Crippen LogP contribution in [-0.2, 0) is 0 Å². The molecule has 0 aromatic heterocycles. The van der Waals surface area contributed by atoms with Gasteiger partial charge in [0.2, 0.25) is 0 Å². The fourth-order valence-electron chi connectivity index (χ4n) is 0. The third-order valence-corrected chi connectivity index (χ3v) is 0.500. The highest BCUT2D eigenvalue weighted by atomic mass is 32.1. The maximum Gasteiger partial charge on any atom is 0.361 e. The summed E-state index contributed by atoms with van der Waals surface area (Å²) in [6, 6.07) is 0. The minimum absolute atomic E-state index is 1.14. The van der Waals surface area contributed by atoms with Crippen LogP contribution in [0.25, 0.3) is 0 Å². The Bertz CT molecular complexity index is 193. The third-order valence-electron chi connectivity index (χ3n) is 0.500. The lowest BCUT2D eigenvalue weighted by Gasteiger charge is -1.68. The van der Waals surface area contributed by atoms with Crippen molar-refractivity contribution in [1.82, 2.24) is 0 Å². The number of rotatable bonds is 1. The molecule has 0 aliphatic heterocycles. The second kappa shape index (κ2) is 31.0. The Balaban J connectivity index is -0.0000000469. The van der Waals surface area contributed by atoms with Crippen LogP contribution in [0.1, 0.15) is 26.7 Å². The molecule has 8 nitrogen and oxygen atoms in total. The molecule has 0 heterocycles. The summed E-state index contributed by atoms with van der Waals surface area (Å²) < 4.78 is 0. The molecule has 0 saturated heterocycles. The van der Waals surface area contributed by atoms with Crippen LogP contribution in [0, 0.1) is 0 Å². The monoisotopic (exact) mass is 370 g/mol. The van der Waals surface area contributed by atoms with Crippen molar-refractivity contribution in [2.75, 3.05) is 0 Å². The fourth-order valence-corrected chi connectivity index (χ4v) is 0. The largest absolute Gasteiger partial charge is 0.473 e. The van der Waals surface area contributed by atoms with E-state index in [9.17, 15) is 0 Å². The Morgan fingerprint density at radius 1 is 0.600 bits per heavy atom. The van der Waals surface area contributed by atoms with Crippen molar-refractivity contribution in [1.29, 1.82) is 0 Å². The van der Waals surface area contributed by atoms with E-state index in [2.05, 4.69) is 64.4 Å². The predicted octanol–water partition coefficient (Wildman–Crippen LogP) is 4.18. The maximum atomic E-state index is 8.86. The summed E-state index contributed by atoms with van der Waals surface area (Å²) in [5.41, 5.74) is 0. The van der Waals surface area contributed by atoms with Gasteiger partial charge in [-0.25, -0.2) is 19.2 Å². The lowest BCUT2D eigenvalue weighted by Crippen LogP contribution is -1.67. The van der Waals surface area contributed by atoms with Gasteiger partial charge in [0.15, 0.2) is 0 Å². The van der Waals surface area contributed by atoms with Gasteiger partial charge >= 0.3 is 21.2 Å². The second-order valence-corrected chi connectivity index (χ2v) is 3.66. The molecule has 0 fully saturated rings. The number of carbonyl (C=O) groups is 4. The molecule has 0 aliphatic carbocycles. The Morgan fingerprint density at radius 2 is 0.650 bits per heavy atom. The Labute approximate surface area is 138 Å². The van der Waals surface area contributed by atoms with Gasteiger partial charge in [-0.05, 0) is 0 Å². The Kier molecular flexibility index (Phi) is 48.9. The van der Waals surface area contributed by atoms with E-state index < -0.39 is 21.2 Å². The molecule has 0 aliphatic rings. The molecule has 12 heteroatoms. The number of carboxylic acid groups (broad SMARTS) is 4. The summed E-state index contributed by atoms with van der Waals surface area (Å²) in [6.45, 7) is 4.36. The molecule has 20 heavy (non-hydrogen) atoms. The van der Waals surface area contributed by atoms with Crippen molar-refractivity contribution in [3.63, 3.8) is 0 Å². The van der Waals surface area contributed by atoms with Crippen LogP contribution in [0.3, 0.4) is 0 Å². The lowest BCUT2D eigenvalue weighted by molar-refractivity contribution is 0.221. The van der Waals surface area contributed by atoms with Crippen molar-refractivity contribution in [2.24, 2.45) is 0 Å². The average molecular weight is 370 g/mol. The molecular weight excluding hydrogens is 352 g/mol. The zero-order valence-electron chi connectivity index (χ0n) is 10.6. The van der Waals surface area contributed by atoms with E-state index in [1.807, 2.05) is 0 Å². The van der Waals surface area contributed by atoms with Gasteiger partial charge in [-0.1, -0.05) is 77.2 Å². The van der Waals surface area contributed by atoms with Gasteiger partial charge < -0.3 is 20.4 Å². The fraction of sp³-hybridized carbons (Fsp3) is 0.500. The van der Waals surface area contributed by atoms with Crippen molar-refractivity contribution < 1.29 is 39.6 Å². The van der Waals surface area contributed by atoms with Crippen LogP contribution in [0.5, 0.6) is 0 Å². The molecule has 122 valence electrons. The predicted molar refractivity (Wildman–Crippen MR) is 88.6 cm³/mol. The first-order chi connectivity index (χ1) is 8.84. The first-order valence-electron chi connectivity index (χ1n) is 4.52. The van der Waals surface area contributed by atoms with Gasteiger partial charge in [0, 0.05) is 0 Å². The summed E-state index contributed by atoms with van der Waals surface area (Å²) in [4.78, 5) is 35.5. The molecule has 0 atom stereocenters. The van der Waals surface area contributed by atoms with Gasteiger partial charge in [0.1, 0.15) is 0 Å². The Hall–Kier alpha value is -0.720.